The van der Waals surface area contributed by atoms with Crippen LogP contribution < -0.4 is 10.6 Å². The third-order valence-electron chi connectivity index (χ3n) is 3.27. The fraction of sp³-hybridized carbons (Fsp3) is 0.375. The molecule has 0 fully saturated rings. The molecule has 2 rings (SSSR count). The van der Waals surface area contributed by atoms with E-state index >= 15 is 0 Å². The number of anilines is 3. The van der Waals surface area contributed by atoms with E-state index in [0.717, 1.165) is 17.4 Å². The maximum Gasteiger partial charge on any atom is 0.421 e. The fourth-order valence-electron chi connectivity index (χ4n) is 2.19. The highest BCUT2D eigenvalue weighted by Crippen LogP contribution is 2.34. The van der Waals surface area contributed by atoms with Gasteiger partial charge in [0.15, 0.2) is 0 Å². The van der Waals surface area contributed by atoms with E-state index < -0.39 is 11.7 Å². The van der Waals surface area contributed by atoms with E-state index in [4.69, 9.17) is 0 Å². The number of rotatable bonds is 5. The Morgan fingerprint density at radius 2 is 1.87 bits per heavy atom. The third-order valence-corrected chi connectivity index (χ3v) is 3.27. The van der Waals surface area contributed by atoms with Gasteiger partial charge in [-0.3, -0.25) is 0 Å². The van der Waals surface area contributed by atoms with Gasteiger partial charge in [0.2, 0.25) is 5.95 Å². The maximum absolute atomic E-state index is 13.0. The number of alkyl halides is 3. The minimum absolute atomic E-state index is 0.127. The second-order valence-corrected chi connectivity index (χ2v) is 5.35. The van der Waals surface area contributed by atoms with Gasteiger partial charge in [0.05, 0.1) is 0 Å². The highest BCUT2D eigenvalue weighted by Gasteiger charge is 2.35. The first-order valence-corrected chi connectivity index (χ1v) is 7.37. The molecule has 1 aromatic carbocycles. The van der Waals surface area contributed by atoms with Crippen molar-refractivity contribution in [3.63, 3.8) is 0 Å². The zero-order valence-corrected chi connectivity index (χ0v) is 13.2. The number of nitrogens with one attached hydrogen (secondary N) is 2. The number of nitrogens with zero attached hydrogens (tertiary/aromatic N) is 2. The van der Waals surface area contributed by atoms with Crippen LogP contribution in [0.4, 0.5) is 30.6 Å². The van der Waals surface area contributed by atoms with Crippen molar-refractivity contribution < 1.29 is 13.2 Å². The number of aromatic nitrogens is 2. The zero-order chi connectivity index (χ0) is 17.0. The van der Waals surface area contributed by atoms with Crippen molar-refractivity contribution in [2.75, 3.05) is 17.2 Å². The molecule has 0 amide bonds. The minimum atomic E-state index is -4.49. The van der Waals surface area contributed by atoms with Crippen LogP contribution in [-0.4, -0.2) is 16.5 Å². The Morgan fingerprint density at radius 1 is 1.17 bits per heavy atom. The Balaban J connectivity index is 2.37. The summed E-state index contributed by atoms with van der Waals surface area (Å²) in [4.78, 5) is 7.77. The third kappa shape index (κ3) is 4.12. The van der Waals surface area contributed by atoms with Gasteiger partial charge < -0.3 is 10.6 Å². The fourth-order valence-corrected chi connectivity index (χ4v) is 2.19. The number of halogens is 3. The van der Waals surface area contributed by atoms with Crippen LogP contribution in [0.25, 0.3) is 0 Å². The number of hydrogen-bond acceptors (Lipinski definition) is 4. The molecule has 0 bridgehead atoms. The van der Waals surface area contributed by atoms with Gasteiger partial charge in [-0.25, -0.2) is 4.98 Å². The van der Waals surface area contributed by atoms with E-state index in [1.54, 1.807) is 6.92 Å². The molecule has 23 heavy (non-hydrogen) atoms. The van der Waals surface area contributed by atoms with Gasteiger partial charge in [-0.2, -0.15) is 18.2 Å². The molecule has 0 aliphatic heterocycles. The molecule has 0 aliphatic rings. The summed E-state index contributed by atoms with van der Waals surface area (Å²) in [5.41, 5.74) is 0.952. The van der Waals surface area contributed by atoms with Crippen molar-refractivity contribution in [3.05, 3.63) is 41.6 Å². The average Bonchev–Trinajstić information content (AvgIpc) is 2.47. The van der Waals surface area contributed by atoms with E-state index in [0.29, 0.717) is 6.54 Å². The summed E-state index contributed by atoms with van der Waals surface area (Å²) in [6, 6.07) is 7.58. The van der Waals surface area contributed by atoms with Gasteiger partial charge >= 0.3 is 6.18 Å². The van der Waals surface area contributed by atoms with Crippen LogP contribution in [-0.2, 0) is 6.18 Å². The highest BCUT2D eigenvalue weighted by molar-refractivity contribution is 5.61. The number of hydrogen-bond donors (Lipinski definition) is 2. The predicted octanol–water partition coefficient (Wildman–Crippen LogP) is 4.79. The van der Waals surface area contributed by atoms with Crippen LogP contribution in [0, 0.1) is 0 Å². The number of benzene rings is 1. The van der Waals surface area contributed by atoms with Gasteiger partial charge in [-0.05, 0) is 24.5 Å². The highest BCUT2D eigenvalue weighted by atomic mass is 19.4. The van der Waals surface area contributed by atoms with Crippen molar-refractivity contribution in [2.45, 2.75) is 32.9 Å². The summed E-state index contributed by atoms with van der Waals surface area (Å²) in [5, 5.41) is 5.64. The topological polar surface area (TPSA) is 49.8 Å². The van der Waals surface area contributed by atoms with E-state index in [9.17, 15) is 13.2 Å². The van der Waals surface area contributed by atoms with Crippen molar-refractivity contribution in [1.29, 1.82) is 0 Å². The molecule has 2 aromatic rings. The van der Waals surface area contributed by atoms with Crippen molar-refractivity contribution in [1.82, 2.24) is 9.97 Å². The summed E-state index contributed by atoms with van der Waals surface area (Å²) < 4.78 is 38.9. The second kappa shape index (κ2) is 6.85. The second-order valence-electron chi connectivity index (χ2n) is 5.35. The first-order chi connectivity index (χ1) is 10.8. The van der Waals surface area contributed by atoms with E-state index in [-0.39, 0.29) is 17.7 Å². The van der Waals surface area contributed by atoms with Crippen LogP contribution in [0.15, 0.2) is 30.5 Å². The summed E-state index contributed by atoms with van der Waals surface area (Å²) in [5.74, 6) is 0.169. The lowest BCUT2D eigenvalue weighted by Gasteiger charge is -2.16. The predicted molar refractivity (Wildman–Crippen MR) is 85.0 cm³/mol. The van der Waals surface area contributed by atoms with Gasteiger partial charge in [-0.15, -0.1) is 0 Å². The molecule has 0 saturated heterocycles. The average molecular weight is 324 g/mol. The molecule has 2 N–H and O–H groups in total. The van der Waals surface area contributed by atoms with Gasteiger partial charge in [-0.1, -0.05) is 32.0 Å². The van der Waals surface area contributed by atoms with Crippen LogP contribution in [0.5, 0.6) is 0 Å². The Morgan fingerprint density at radius 3 is 2.48 bits per heavy atom. The Labute approximate surface area is 133 Å². The molecule has 1 heterocycles. The van der Waals surface area contributed by atoms with Crippen LogP contribution in [0.1, 0.15) is 37.8 Å². The van der Waals surface area contributed by atoms with E-state index in [1.807, 2.05) is 38.1 Å². The van der Waals surface area contributed by atoms with E-state index in [2.05, 4.69) is 20.6 Å². The molecule has 0 atom stereocenters. The summed E-state index contributed by atoms with van der Waals surface area (Å²) in [6.07, 6.45) is -3.70. The first kappa shape index (κ1) is 17.1. The zero-order valence-electron chi connectivity index (χ0n) is 13.2. The monoisotopic (exact) mass is 324 g/mol. The van der Waals surface area contributed by atoms with Crippen LogP contribution in [0.3, 0.4) is 0 Å². The molecule has 0 aliphatic carbocycles. The molecule has 0 saturated carbocycles. The Kier molecular flexibility index (Phi) is 5.08. The molecule has 0 spiro atoms. The lowest BCUT2D eigenvalue weighted by atomic mass is 10.0. The molecule has 1 aromatic heterocycles. The molecule has 7 heteroatoms. The summed E-state index contributed by atoms with van der Waals surface area (Å²) >= 11 is 0. The molecule has 0 unspecified atom stereocenters. The Hall–Kier alpha value is -2.31. The molecule has 4 nitrogen and oxygen atoms in total. The number of para-hydroxylation sites is 1. The Bertz CT molecular complexity index is 669. The van der Waals surface area contributed by atoms with Crippen molar-refractivity contribution >= 4 is 17.5 Å². The SMILES string of the molecule is CCNc1nc(Nc2ccccc2C(C)C)ncc1C(F)(F)F. The summed E-state index contributed by atoms with van der Waals surface area (Å²) in [6.45, 7) is 6.13. The quantitative estimate of drug-likeness (QED) is 0.830. The van der Waals surface area contributed by atoms with Crippen LogP contribution >= 0.6 is 0 Å². The van der Waals surface area contributed by atoms with Gasteiger partial charge in [0.1, 0.15) is 11.4 Å². The normalized spacial score (nSPS) is 11.6. The lowest BCUT2D eigenvalue weighted by molar-refractivity contribution is -0.137. The molecular formula is C16H19F3N4. The van der Waals surface area contributed by atoms with E-state index in [1.165, 1.54) is 0 Å². The lowest BCUT2D eigenvalue weighted by Crippen LogP contribution is -2.14. The first-order valence-electron chi connectivity index (χ1n) is 7.37. The van der Waals surface area contributed by atoms with Crippen molar-refractivity contribution in [3.8, 4) is 0 Å². The summed E-state index contributed by atoms with van der Waals surface area (Å²) in [7, 11) is 0. The van der Waals surface area contributed by atoms with Gasteiger partial charge in [0, 0.05) is 18.4 Å². The smallest absolute Gasteiger partial charge is 0.370 e. The van der Waals surface area contributed by atoms with Gasteiger partial charge in [0.25, 0.3) is 0 Å². The standard InChI is InChI=1S/C16H19F3N4/c1-4-20-14-12(16(17,18)19)9-21-15(23-14)22-13-8-6-5-7-11(13)10(2)3/h5-10H,4H2,1-3H3,(H2,20,21,22,23). The molecule has 0 radical (unpaired) electrons. The van der Waals surface area contributed by atoms with Crippen LogP contribution in [0.2, 0.25) is 0 Å². The van der Waals surface area contributed by atoms with Crippen molar-refractivity contribution in [2.24, 2.45) is 0 Å². The molecule has 124 valence electrons. The molecular weight excluding hydrogens is 305 g/mol. The minimum Gasteiger partial charge on any atom is -0.370 e. The maximum atomic E-state index is 13.0. The largest absolute Gasteiger partial charge is 0.421 e.